The summed E-state index contributed by atoms with van der Waals surface area (Å²) in [5, 5.41) is 5.01. The van der Waals surface area contributed by atoms with Crippen molar-refractivity contribution in [1.82, 2.24) is 9.62 Å². The van der Waals surface area contributed by atoms with Gasteiger partial charge in [-0.1, -0.05) is 6.92 Å². The van der Waals surface area contributed by atoms with Gasteiger partial charge >= 0.3 is 0 Å². The van der Waals surface area contributed by atoms with E-state index in [-0.39, 0.29) is 16.5 Å². The Morgan fingerprint density at radius 2 is 1.95 bits per heavy atom. The molecule has 0 amide bonds. The van der Waals surface area contributed by atoms with E-state index in [2.05, 4.69) is 12.2 Å². The lowest BCUT2D eigenvalue weighted by Crippen LogP contribution is -2.31. The second-order valence-electron chi connectivity index (χ2n) is 4.91. The van der Waals surface area contributed by atoms with E-state index in [4.69, 9.17) is 0 Å². The van der Waals surface area contributed by atoms with Gasteiger partial charge in [0.1, 0.15) is 14.0 Å². The molecule has 122 valence electrons. The number of nitrogens with one attached hydrogen (secondary N) is 1. The number of sulfonamides is 1. The van der Waals surface area contributed by atoms with E-state index in [0.29, 0.717) is 6.54 Å². The fourth-order valence-electron chi connectivity index (χ4n) is 1.56. The Balaban J connectivity index is 2.73. The molecule has 0 spiro atoms. The molecular formula is C12H22N2O4S3. The molecule has 0 bridgehead atoms. The van der Waals surface area contributed by atoms with Crippen LogP contribution in [0.15, 0.2) is 15.7 Å². The fourth-order valence-corrected chi connectivity index (χ4v) is 4.87. The summed E-state index contributed by atoms with van der Waals surface area (Å²) in [5.41, 5.74) is 0.920. The number of nitrogens with zero attached hydrogens (tertiary/aromatic N) is 1. The molecular weight excluding hydrogens is 332 g/mol. The van der Waals surface area contributed by atoms with Crippen LogP contribution in [0, 0.1) is 0 Å². The molecule has 1 rings (SSSR count). The van der Waals surface area contributed by atoms with Crippen LogP contribution in [0.4, 0.5) is 0 Å². The Bertz CT molecular complexity index is 650. The molecule has 1 N–H and O–H groups in total. The summed E-state index contributed by atoms with van der Waals surface area (Å²) >= 11 is 1.16. The van der Waals surface area contributed by atoms with E-state index >= 15 is 0 Å². The van der Waals surface area contributed by atoms with Crippen molar-refractivity contribution >= 4 is 31.2 Å². The van der Waals surface area contributed by atoms with Gasteiger partial charge in [-0.25, -0.2) is 16.8 Å². The quantitative estimate of drug-likeness (QED) is 0.667. The van der Waals surface area contributed by atoms with E-state index in [0.717, 1.165) is 40.4 Å². The molecule has 0 saturated heterocycles. The van der Waals surface area contributed by atoms with Crippen LogP contribution in [-0.4, -0.2) is 53.3 Å². The maximum atomic E-state index is 12.3. The summed E-state index contributed by atoms with van der Waals surface area (Å²) in [4.78, 5) is 0. The van der Waals surface area contributed by atoms with Gasteiger partial charge in [0.25, 0.3) is 10.0 Å². The van der Waals surface area contributed by atoms with Crippen molar-refractivity contribution in [2.75, 3.05) is 32.1 Å². The molecule has 0 unspecified atom stereocenters. The number of rotatable bonds is 9. The molecule has 1 heterocycles. The Morgan fingerprint density at radius 3 is 2.52 bits per heavy atom. The van der Waals surface area contributed by atoms with E-state index < -0.39 is 19.9 Å². The van der Waals surface area contributed by atoms with Crippen LogP contribution in [0.1, 0.15) is 18.9 Å². The number of hydrogen-bond acceptors (Lipinski definition) is 6. The largest absolute Gasteiger partial charge is 0.313 e. The molecule has 21 heavy (non-hydrogen) atoms. The molecule has 0 aromatic carbocycles. The second-order valence-corrected chi connectivity index (χ2v) is 10.3. The number of sulfone groups is 1. The third-order valence-electron chi connectivity index (χ3n) is 2.83. The first-order chi connectivity index (χ1) is 9.66. The van der Waals surface area contributed by atoms with Gasteiger partial charge in [-0.3, -0.25) is 0 Å². The average Bonchev–Trinajstić information content (AvgIpc) is 2.84. The Labute approximate surface area is 131 Å². The summed E-state index contributed by atoms with van der Waals surface area (Å²) in [7, 11) is -5.40. The topological polar surface area (TPSA) is 83.6 Å². The molecule has 0 aliphatic heterocycles. The molecule has 0 radical (unpaired) electrons. The van der Waals surface area contributed by atoms with Gasteiger partial charge in [0, 0.05) is 26.4 Å². The predicted molar refractivity (Wildman–Crippen MR) is 85.8 cm³/mol. The summed E-state index contributed by atoms with van der Waals surface area (Å²) in [5.74, 6) is -0.182. The SMILES string of the molecule is CCCNCc1csc(S(=O)(=O)N(C)CCS(C)(=O)=O)c1. The highest BCUT2D eigenvalue weighted by atomic mass is 32.2. The summed E-state index contributed by atoms with van der Waals surface area (Å²) in [6.45, 7) is 3.54. The normalized spacial score (nSPS) is 13.0. The van der Waals surface area contributed by atoms with Crippen molar-refractivity contribution in [3.8, 4) is 0 Å². The van der Waals surface area contributed by atoms with E-state index in [1.807, 2.05) is 0 Å². The van der Waals surface area contributed by atoms with Crippen LogP contribution in [0.5, 0.6) is 0 Å². The van der Waals surface area contributed by atoms with Gasteiger partial charge in [-0.2, -0.15) is 4.31 Å². The van der Waals surface area contributed by atoms with Crippen molar-refractivity contribution in [3.05, 3.63) is 17.0 Å². The number of thiophene rings is 1. The fraction of sp³-hybridized carbons (Fsp3) is 0.667. The highest BCUT2D eigenvalue weighted by Gasteiger charge is 2.23. The standard InChI is InChI=1S/C12H22N2O4S3/c1-4-5-13-9-11-8-12(19-10-11)21(17,18)14(2)6-7-20(3,15)16/h8,10,13H,4-7,9H2,1-3H3. The monoisotopic (exact) mass is 354 g/mol. The lowest BCUT2D eigenvalue weighted by Gasteiger charge is -2.15. The van der Waals surface area contributed by atoms with Gasteiger partial charge in [0.15, 0.2) is 0 Å². The first-order valence-corrected chi connectivity index (χ1v) is 11.0. The lowest BCUT2D eigenvalue weighted by molar-refractivity contribution is 0.486. The highest BCUT2D eigenvalue weighted by molar-refractivity contribution is 7.91. The molecule has 0 aliphatic rings. The van der Waals surface area contributed by atoms with Gasteiger partial charge in [-0.15, -0.1) is 11.3 Å². The van der Waals surface area contributed by atoms with Gasteiger partial charge < -0.3 is 5.32 Å². The second kappa shape index (κ2) is 7.68. The average molecular weight is 355 g/mol. The zero-order valence-electron chi connectivity index (χ0n) is 12.5. The Kier molecular flexibility index (Phi) is 6.79. The van der Waals surface area contributed by atoms with Crippen LogP contribution in [0.3, 0.4) is 0 Å². The molecule has 0 fully saturated rings. The van der Waals surface area contributed by atoms with Crippen LogP contribution in [0.25, 0.3) is 0 Å². The predicted octanol–water partition coefficient (Wildman–Crippen LogP) is 0.913. The van der Waals surface area contributed by atoms with E-state index in [1.165, 1.54) is 7.05 Å². The molecule has 1 aromatic rings. The Morgan fingerprint density at radius 1 is 1.29 bits per heavy atom. The molecule has 0 aliphatic carbocycles. The third kappa shape index (κ3) is 6.03. The smallest absolute Gasteiger partial charge is 0.252 e. The summed E-state index contributed by atoms with van der Waals surface area (Å²) in [6.07, 6.45) is 2.11. The molecule has 0 saturated carbocycles. The zero-order chi connectivity index (χ0) is 16.1. The van der Waals surface area contributed by atoms with Crippen LogP contribution in [0.2, 0.25) is 0 Å². The van der Waals surface area contributed by atoms with Gasteiger partial charge in [0.2, 0.25) is 0 Å². The third-order valence-corrected chi connectivity index (χ3v) is 7.07. The minimum absolute atomic E-state index is 0.0392. The molecule has 0 atom stereocenters. The zero-order valence-corrected chi connectivity index (χ0v) is 14.9. The lowest BCUT2D eigenvalue weighted by atomic mass is 10.3. The number of hydrogen-bond donors (Lipinski definition) is 1. The summed E-state index contributed by atoms with van der Waals surface area (Å²) in [6, 6.07) is 1.64. The molecule has 9 heteroatoms. The van der Waals surface area contributed by atoms with Crippen molar-refractivity contribution in [3.63, 3.8) is 0 Å². The maximum Gasteiger partial charge on any atom is 0.252 e. The van der Waals surface area contributed by atoms with E-state index in [9.17, 15) is 16.8 Å². The minimum atomic E-state index is -3.61. The van der Waals surface area contributed by atoms with Crippen molar-refractivity contribution in [2.24, 2.45) is 0 Å². The van der Waals surface area contributed by atoms with Crippen LogP contribution < -0.4 is 5.32 Å². The van der Waals surface area contributed by atoms with Crippen LogP contribution >= 0.6 is 11.3 Å². The summed E-state index contributed by atoms with van der Waals surface area (Å²) < 4.78 is 48.2. The maximum absolute atomic E-state index is 12.3. The van der Waals surface area contributed by atoms with Gasteiger partial charge in [0.05, 0.1) is 5.75 Å². The molecule has 6 nitrogen and oxygen atoms in total. The minimum Gasteiger partial charge on any atom is -0.313 e. The molecule has 1 aromatic heterocycles. The van der Waals surface area contributed by atoms with Crippen molar-refractivity contribution < 1.29 is 16.8 Å². The van der Waals surface area contributed by atoms with Gasteiger partial charge in [-0.05, 0) is 30.0 Å². The highest BCUT2D eigenvalue weighted by Crippen LogP contribution is 2.23. The van der Waals surface area contributed by atoms with Crippen molar-refractivity contribution in [1.29, 1.82) is 0 Å². The first-order valence-electron chi connectivity index (χ1n) is 6.59. The Hall–Kier alpha value is -0.480. The first kappa shape index (κ1) is 18.6. The van der Waals surface area contributed by atoms with Crippen LogP contribution in [-0.2, 0) is 26.4 Å². The van der Waals surface area contributed by atoms with Crippen molar-refractivity contribution in [2.45, 2.75) is 24.1 Å². The van der Waals surface area contributed by atoms with E-state index in [1.54, 1.807) is 11.4 Å².